The molecule has 21 heavy (non-hydrogen) atoms. The van der Waals surface area contributed by atoms with E-state index in [2.05, 4.69) is 10.3 Å². The number of carbonyl (C=O) groups excluding carboxylic acids is 2. The monoisotopic (exact) mass is 294 g/mol. The summed E-state index contributed by atoms with van der Waals surface area (Å²) in [6.07, 6.45) is 3.07. The molecular weight excluding hydrogens is 272 g/mol. The van der Waals surface area contributed by atoms with E-state index in [4.69, 9.17) is 5.21 Å². The molecule has 1 heterocycles. The number of aromatic nitrogens is 1. The van der Waals surface area contributed by atoms with Crippen molar-refractivity contribution in [3.05, 3.63) is 29.6 Å². The third kappa shape index (κ3) is 5.49. The van der Waals surface area contributed by atoms with Crippen LogP contribution in [0.4, 0.5) is 0 Å². The summed E-state index contributed by atoms with van der Waals surface area (Å²) in [5.74, 6) is -0.703. The van der Waals surface area contributed by atoms with Gasteiger partial charge in [-0.15, -0.1) is 0 Å². The second-order valence-corrected chi connectivity index (χ2v) is 5.06. The number of hydroxylamine groups is 1. The molecule has 7 nitrogen and oxygen atoms in total. The molecule has 0 spiro atoms. The summed E-state index contributed by atoms with van der Waals surface area (Å²) < 4.78 is 0. The normalized spacial score (nSPS) is 12.0. The molecular formula is C14H22N4O3. The summed E-state index contributed by atoms with van der Waals surface area (Å²) in [6, 6.07) is 2.82. The van der Waals surface area contributed by atoms with Crippen LogP contribution in [0.3, 0.4) is 0 Å². The zero-order valence-corrected chi connectivity index (χ0v) is 12.6. The van der Waals surface area contributed by atoms with Crippen LogP contribution in [0, 0.1) is 0 Å². The second kappa shape index (κ2) is 8.33. The van der Waals surface area contributed by atoms with E-state index in [0.717, 1.165) is 12.8 Å². The Kier molecular flexibility index (Phi) is 6.77. The van der Waals surface area contributed by atoms with Gasteiger partial charge in [0.05, 0.1) is 18.3 Å². The van der Waals surface area contributed by atoms with Gasteiger partial charge in [-0.1, -0.05) is 13.3 Å². The van der Waals surface area contributed by atoms with E-state index < -0.39 is 5.91 Å². The van der Waals surface area contributed by atoms with Gasteiger partial charge < -0.3 is 10.2 Å². The molecule has 2 amide bonds. The molecule has 0 saturated heterocycles. The molecule has 0 aliphatic carbocycles. The molecule has 116 valence electrons. The van der Waals surface area contributed by atoms with E-state index in [0.29, 0.717) is 11.3 Å². The molecule has 1 rings (SSSR count). The molecule has 0 unspecified atom stereocenters. The molecule has 0 saturated carbocycles. The van der Waals surface area contributed by atoms with Crippen molar-refractivity contribution in [2.75, 3.05) is 20.6 Å². The van der Waals surface area contributed by atoms with Gasteiger partial charge in [0.25, 0.3) is 5.91 Å². The number of amides is 2. The van der Waals surface area contributed by atoms with Crippen LogP contribution >= 0.6 is 0 Å². The Bertz CT molecular complexity index is 491. The van der Waals surface area contributed by atoms with Crippen LogP contribution in [0.25, 0.3) is 0 Å². The van der Waals surface area contributed by atoms with Crippen molar-refractivity contribution >= 4 is 11.8 Å². The zero-order valence-electron chi connectivity index (χ0n) is 12.6. The van der Waals surface area contributed by atoms with Gasteiger partial charge in [0, 0.05) is 11.8 Å². The molecule has 7 heteroatoms. The Morgan fingerprint density at radius 2 is 2.14 bits per heavy atom. The highest BCUT2D eigenvalue weighted by atomic mass is 16.5. The smallest absolute Gasteiger partial charge is 0.274 e. The van der Waals surface area contributed by atoms with Gasteiger partial charge in [-0.3, -0.25) is 19.8 Å². The van der Waals surface area contributed by atoms with Crippen LogP contribution in [0.5, 0.6) is 0 Å². The Hall–Kier alpha value is -1.99. The minimum atomic E-state index is -0.603. The fraction of sp³-hybridized carbons (Fsp3) is 0.500. The van der Waals surface area contributed by atoms with Gasteiger partial charge in [-0.05, 0) is 32.6 Å². The fourth-order valence-corrected chi connectivity index (χ4v) is 1.95. The first-order valence-corrected chi connectivity index (χ1v) is 6.82. The third-order valence-corrected chi connectivity index (χ3v) is 2.87. The van der Waals surface area contributed by atoms with Gasteiger partial charge in [-0.25, -0.2) is 5.48 Å². The van der Waals surface area contributed by atoms with Crippen LogP contribution in [-0.4, -0.2) is 47.5 Å². The summed E-state index contributed by atoms with van der Waals surface area (Å²) in [7, 11) is 3.64. The average Bonchev–Trinajstić information content (AvgIpc) is 2.45. The summed E-state index contributed by atoms with van der Waals surface area (Å²) >= 11 is 0. The lowest BCUT2D eigenvalue weighted by Gasteiger charge is -2.19. The van der Waals surface area contributed by atoms with E-state index in [9.17, 15) is 9.59 Å². The lowest BCUT2D eigenvalue weighted by Crippen LogP contribution is -2.36. The Morgan fingerprint density at radius 3 is 2.71 bits per heavy atom. The number of pyridine rings is 1. The molecule has 3 N–H and O–H groups in total. The van der Waals surface area contributed by atoms with E-state index in [-0.39, 0.29) is 18.5 Å². The number of likely N-dealkylation sites (N-methyl/N-ethyl adjacent to an activating group) is 1. The van der Waals surface area contributed by atoms with Crippen molar-refractivity contribution < 1.29 is 14.8 Å². The highest BCUT2D eigenvalue weighted by molar-refractivity contribution is 5.93. The van der Waals surface area contributed by atoms with E-state index >= 15 is 0 Å². The Morgan fingerprint density at radius 1 is 1.43 bits per heavy atom. The molecule has 1 aromatic rings. The number of carbonyl (C=O) groups is 2. The summed E-state index contributed by atoms with van der Waals surface area (Å²) in [5.41, 5.74) is 2.48. The maximum Gasteiger partial charge on any atom is 0.274 e. The van der Waals surface area contributed by atoms with Crippen LogP contribution in [0.1, 0.15) is 41.9 Å². The maximum atomic E-state index is 11.9. The molecule has 0 aromatic carbocycles. The quantitative estimate of drug-likeness (QED) is 0.509. The van der Waals surface area contributed by atoms with Gasteiger partial charge >= 0.3 is 0 Å². The molecule has 1 aromatic heterocycles. The first-order chi connectivity index (χ1) is 9.97. The van der Waals surface area contributed by atoms with Crippen LogP contribution in [0.2, 0.25) is 0 Å². The average molecular weight is 294 g/mol. The molecule has 0 bridgehead atoms. The lowest BCUT2D eigenvalue weighted by molar-refractivity contribution is -0.122. The van der Waals surface area contributed by atoms with Gasteiger partial charge in [0.15, 0.2) is 0 Å². The topological polar surface area (TPSA) is 94.6 Å². The minimum absolute atomic E-state index is 0.0998. The van der Waals surface area contributed by atoms with Crippen molar-refractivity contribution in [1.29, 1.82) is 0 Å². The predicted octanol–water partition coefficient (Wildman–Crippen LogP) is 0.720. The van der Waals surface area contributed by atoms with Crippen molar-refractivity contribution in [2.45, 2.75) is 25.8 Å². The predicted molar refractivity (Wildman–Crippen MR) is 77.8 cm³/mol. The zero-order chi connectivity index (χ0) is 15.8. The van der Waals surface area contributed by atoms with Crippen LogP contribution < -0.4 is 10.8 Å². The Balaban J connectivity index is 2.89. The van der Waals surface area contributed by atoms with E-state index in [1.807, 2.05) is 21.0 Å². The van der Waals surface area contributed by atoms with Crippen molar-refractivity contribution in [2.24, 2.45) is 0 Å². The number of nitrogens with zero attached hydrogens (tertiary/aromatic N) is 2. The SMILES string of the molecule is CCC[C@H](NC(=O)CN(C)C)c1cc(C(=O)NO)ccn1. The van der Waals surface area contributed by atoms with Crippen LogP contribution in [-0.2, 0) is 4.79 Å². The summed E-state index contributed by atoms with van der Waals surface area (Å²) in [5, 5.41) is 11.6. The van der Waals surface area contributed by atoms with Crippen molar-refractivity contribution in [1.82, 2.24) is 20.7 Å². The maximum absolute atomic E-state index is 11.9. The molecule has 0 aliphatic heterocycles. The molecule has 0 radical (unpaired) electrons. The van der Waals surface area contributed by atoms with E-state index in [1.54, 1.807) is 16.4 Å². The third-order valence-electron chi connectivity index (χ3n) is 2.87. The molecule has 0 aliphatic rings. The van der Waals surface area contributed by atoms with Crippen molar-refractivity contribution in [3.63, 3.8) is 0 Å². The number of hydrogen-bond donors (Lipinski definition) is 3. The van der Waals surface area contributed by atoms with Gasteiger partial charge in [-0.2, -0.15) is 0 Å². The number of hydrogen-bond acceptors (Lipinski definition) is 5. The Labute approximate surface area is 124 Å². The molecule has 1 atom stereocenters. The van der Waals surface area contributed by atoms with Crippen LogP contribution in [0.15, 0.2) is 18.3 Å². The standard InChI is InChI=1S/C14H22N4O3/c1-4-5-11(16-13(19)9-18(2)3)12-8-10(6-7-15-12)14(20)17-21/h6-8,11,21H,4-5,9H2,1-3H3,(H,16,19)(H,17,20)/t11-/m0/s1. The second-order valence-electron chi connectivity index (χ2n) is 5.06. The van der Waals surface area contributed by atoms with E-state index in [1.165, 1.54) is 12.3 Å². The largest absolute Gasteiger partial charge is 0.347 e. The summed E-state index contributed by atoms with van der Waals surface area (Å²) in [4.78, 5) is 29.3. The van der Waals surface area contributed by atoms with Gasteiger partial charge in [0.1, 0.15) is 0 Å². The first kappa shape index (κ1) is 17.1. The lowest BCUT2D eigenvalue weighted by atomic mass is 10.1. The number of nitrogens with one attached hydrogen (secondary N) is 2. The fourth-order valence-electron chi connectivity index (χ4n) is 1.95. The molecule has 0 fully saturated rings. The van der Waals surface area contributed by atoms with Gasteiger partial charge in [0.2, 0.25) is 5.91 Å². The number of rotatable bonds is 7. The first-order valence-electron chi connectivity index (χ1n) is 6.82. The van der Waals surface area contributed by atoms with Crippen molar-refractivity contribution in [3.8, 4) is 0 Å². The minimum Gasteiger partial charge on any atom is -0.347 e. The highest BCUT2D eigenvalue weighted by Crippen LogP contribution is 2.17. The summed E-state index contributed by atoms with van der Waals surface area (Å²) in [6.45, 7) is 2.30. The highest BCUT2D eigenvalue weighted by Gasteiger charge is 2.17.